The van der Waals surface area contributed by atoms with Gasteiger partial charge in [-0.3, -0.25) is 14.4 Å². The quantitative estimate of drug-likeness (QED) is 0.0232. The smallest absolute Gasteiger partial charge is 0.306 e. The summed E-state index contributed by atoms with van der Waals surface area (Å²) in [6.07, 6.45) is 17.9. The van der Waals surface area contributed by atoms with Gasteiger partial charge in [-0.05, 0) is 36.7 Å². The maximum Gasteiger partial charge on any atom is 0.306 e. The predicted octanol–water partition coefficient (Wildman–Crippen LogP) is 12.5. The zero-order valence-corrected chi connectivity index (χ0v) is 51.7. The number of aliphatic hydroxyl groups is 5. The standard InChI is InChI=1S/C66H116O16/c1-6-7-8-9-10-11-12-13-14-15-22-28-36-43-57(68)77-49-55-60(71)62(73)64(82-65-63(74)61(72)59(70)54(80-65)48-75-45-52-40-33-30-34-41-52)66(81-55)78-47-53(79-58(69)44-37-29-24-19-17-21-26-32-39-51(4)5)46-76-56(67)42-35-27-23-18-16-20-25-31-38-50(2)3/h30,33-34,40-41,50-51,53-55,59-66,70-74H,6-29,31-32,35-39,42-49H2,1-5H3/t53-,54-,55-,59-,60-,61+,62+,63-,64-,65-,66+/m1/s1. The first-order valence-electron chi connectivity index (χ1n) is 32.8. The summed E-state index contributed by atoms with van der Waals surface area (Å²) in [5.74, 6) is 0.0102. The highest BCUT2D eigenvalue weighted by atomic mass is 16.8. The molecular weight excluding hydrogens is 1050 g/mol. The summed E-state index contributed by atoms with van der Waals surface area (Å²) in [5, 5.41) is 56.3. The van der Waals surface area contributed by atoms with Crippen LogP contribution in [0.4, 0.5) is 0 Å². The van der Waals surface area contributed by atoms with Gasteiger partial charge in [0.15, 0.2) is 18.7 Å². The van der Waals surface area contributed by atoms with Crippen molar-refractivity contribution < 1.29 is 77.8 Å². The molecule has 0 aliphatic carbocycles. The summed E-state index contributed by atoms with van der Waals surface area (Å²) in [5.41, 5.74) is 0.855. The molecule has 2 fully saturated rings. The SMILES string of the molecule is CCCCCCCCCCCCCCCC(=O)OC[C@H]1O[C@H](OC[C@@H](COC(=O)CCCCCCCCCCC(C)C)OC(=O)CCCCCCCCCCC(C)C)[C@H](O[C@H]2O[C@H](COCc3ccccc3)[C@@H](O)[C@H](O)[C@H]2O)[C@@H](O)[C@@H]1O. The van der Waals surface area contributed by atoms with Crippen LogP contribution in [0.1, 0.15) is 258 Å². The molecule has 2 aliphatic heterocycles. The normalized spacial score (nSPS) is 23.3. The summed E-state index contributed by atoms with van der Waals surface area (Å²) in [7, 11) is 0. The van der Waals surface area contributed by atoms with Crippen molar-refractivity contribution in [1.29, 1.82) is 0 Å². The molecule has 5 N–H and O–H groups in total. The van der Waals surface area contributed by atoms with Gasteiger partial charge in [0.05, 0.1) is 19.8 Å². The van der Waals surface area contributed by atoms with Gasteiger partial charge in [0.2, 0.25) is 0 Å². The van der Waals surface area contributed by atoms with E-state index in [9.17, 15) is 39.9 Å². The van der Waals surface area contributed by atoms with Crippen LogP contribution in [0.5, 0.6) is 0 Å². The molecule has 0 amide bonds. The van der Waals surface area contributed by atoms with Crippen LogP contribution in [0.15, 0.2) is 30.3 Å². The van der Waals surface area contributed by atoms with Crippen LogP contribution in [-0.2, 0) is 58.9 Å². The molecule has 16 nitrogen and oxygen atoms in total. The van der Waals surface area contributed by atoms with Crippen molar-refractivity contribution >= 4 is 17.9 Å². The Morgan fingerprint density at radius 1 is 0.463 bits per heavy atom. The van der Waals surface area contributed by atoms with Crippen molar-refractivity contribution in [2.75, 3.05) is 26.4 Å². The molecule has 11 atom stereocenters. The van der Waals surface area contributed by atoms with E-state index in [0.29, 0.717) is 19.3 Å². The largest absolute Gasteiger partial charge is 0.463 e. The van der Waals surface area contributed by atoms with E-state index in [1.807, 2.05) is 30.3 Å². The summed E-state index contributed by atoms with van der Waals surface area (Å²) in [6, 6.07) is 9.30. The number of rotatable bonds is 50. The number of esters is 3. The lowest BCUT2D eigenvalue weighted by Gasteiger charge is -2.46. The fourth-order valence-corrected chi connectivity index (χ4v) is 10.6. The van der Waals surface area contributed by atoms with Crippen LogP contribution >= 0.6 is 0 Å². The first-order chi connectivity index (χ1) is 39.7. The second-order valence-corrected chi connectivity index (χ2v) is 24.5. The Morgan fingerprint density at radius 3 is 1.39 bits per heavy atom. The van der Waals surface area contributed by atoms with Crippen molar-refractivity contribution in [1.82, 2.24) is 0 Å². The lowest BCUT2D eigenvalue weighted by molar-refractivity contribution is -0.369. The Morgan fingerprint density at radius 2 is 0.890 bits per heavy atom. The van der Waals surface area contributed by atoms with Crippen molar-refractivity contribution in [2.45, 2.75) is 327 Å². The Balaban J connectivity index is 1.67. The van der Waals surface area contributed by atoms with Crippen molar-refractivity contribution in [2.24, 2.45) is 11.8 Å². The average molecular weight is 1170 g/mol. The Bertz CT molecular complexity index is 1720. The van der Waals surface area contributed by atoms with Gasteiger partial charge >= 0.3 is 17.9 Å². The van der Waals surface area contributed by atoms with E-state index < -0.39 is 98.6 Å². The molecule has 2 saturated heterocycles. The lowest BCUT2D eigenvalue weighted by atomic mass is 9.97. The van der Waals surface area contributed by atoms with Gasteiger partial charge in [-0.1, -0.05) is 245 Å². The van der Waals surface area contributed by atoms with E-state index in [1.165, 1.54) is 116 Å². The second kappa shape index (κ2) is 46.4. The number of carbonyl (C=O) groups excluding carboxylic acids is 3. The monoisotopic (exact) mass is 1160 g/mol. The zero-order chi connectivity index (χ0) is 59.6. The Kier molecular flexibility index (Phi) is 41.6. The average Bonchev–Trinajstić information content (AvgIpc) is 3.27. The van der Waals surface area contributed by atoms with Gasteiger partial charge in [-0.25, -0.2) is 0 Å². The maximum absolute atomic E-state index is 13.4. The number of hydrogen-bond acceptors (Lipinski definition) is 16. The molecule has 0 saturated carbocycles. The van der Waals surface area contributed by atoms with Crippen LogP contribution in [-0.4, -0.2) is 137 Å². The zero-order valence-electron chi connectivity index (χ0n) is 51.7. The minimum atomic E-state index is -1.84. The molecule has 1 aromatic carbocycles. The highest BCUT2D eigenvalue weighted by molar-refractivity contribution is 5.70. The lowest BCUT2D eigenvalue weighted by Crippen LogP contribution is -2.65. The molecule has 0 aromatic heterocycles. The highest BCUT2D eigenvalue weighted by Gasteiger charge is 2.51. The van der Waals surface area contributed by atoms with Gasteiger partial charge < -0.3 is 63.4 Å². The van der Waals surface area contributed by atoms with E-state index in [0.717, 1.165) is 81.6 Å². The van der Waals surface area contributed by atoms with Gasteiger partial charge in [-0.15, -0.1) is 0 Å². The molecule has 82 heavy (non-hydrogen) atoms. The van der Waals surface area contributed by atoms with Crippen LogP contribution in [0.25, 0.3) is 0 Å². The van der Waals surface area contributed by atoms with Crippen LogP contribution < -0.4 is 0 Å². The minimum absolute atomic E-state index is 0.140. The third-order valence-corrected chi connectivity index (χ3v) is 15.9. The molecule has 476 valence electrons. The number of unbranched alkanes of at least 4 members (excludes halogenated alkanes) is 26. The molecule has 16 heteroatoms. The summed E-state index contributed by atoms with van der Waals surface area (Å²) >= 11 is 0. The molecule has 2 aliphatic rings. The summed E-state index contributed by atoms with van der Waals surface area (Å²) < 4.78 is 47.5. The van der Waals surface area contributed by atoms with Crippen molar-refractivity contribution in [3.63, 3.8) is 0 Å². The van der Waals surface area contributed by atoms with Gasteiger partial charge in [0, 0.05) is 19.3 Å². The number of aliphatic hydroxyl groups excluding tert-OH is 5. The van der Waals surface area contributed by atoms with E-state index in [-0.39, 0.29) is 39.1 Å². The third kappa shape index (κ3) is 33.8. The topological polar surface area (TPSA) is 226 Å². The molecule has 0 spiro atoms. The van der Waals surface area contributed by atoms with E-state index in [2.05, 4.69) is 34.6 Å². The fraction of sp³-hybridized carbons (Fsp3) is 0.864. The molecule has 3 rings (SSSR count). The molecule has 0 unspecified atom stereocenters. The number of ether oxygens (including phenoxy) is 8. The molecule has 2 heterocycles. The second-order valence-electron chi connectivity index (χ2n) is 24.5. The van der Waals surface area contributed by atoms with E-state index in [4.69, 9.17) is 37.9 Å². The predicted molar refractivity (Wildman–Crippen MR) is 318 cm³/mol. The molecule has 1 aromatic rings. The maximum atomic E-state index is 13.4. The first kappa shape index (κ1) is 73.5. The number of hydrogen-bond donors (Lipinski definition) is 5. The molecule has 0 bridgehead atoms. The van der Waals surface area contributed by atoms with Gasteiger partial charge in [0.1, 0.15) is 62.0 Å². The third-order valence-electron chi connectivity index (χ3n) is 15.9. The minimum Gasteiger partial charge on any atom is -0.463 e. The fourth-order valence-electron chi connectivity index (χ4n) is 10.6. The number of benzene rings is 1. The molecular formula is C66H116O16. The number of carbonyl (C=O) groups is 3. The van der Waals surface area contributed by atoms with E-state index >= 15 is 0 Å². The van der Waals surface area contributed by atoms with Crippen LogP contribution in [0, 0.1) is 11.8 Å². The Labute approximate surface area is 495 Å². The van der Waals surface area contributed by atoms with Gasteiger partial charge in [-0.2, -0.15) is 0 Å². The van der Waals surface area contributed by atoms with Crippen LogP contribution in [0.2, 0.25) is 0 Å². The van der Waals surface area contributed by atoms with Crippen molar-refractivity contribution in [3.05, 3.63) is 35.9 Å². The highest BCUT2D eigenvalue weighted by Crippen LogP contribution is 2.31. The summed E-state index contributed by atoms with van der Waals surface area (Å²) in [4.78, 5) is 39.5. The first-order valence-corrected chi connectivity index (χ1v) is 32.8. The van der Waals surface area contributed by atoms with Crippen molar-refractivity contribution in [3.8, 4) is 0 Å². The van der Waals surface area contributed by atoms with E-state index in [1.54, 1.807) is 0 Å². The molecule has 0 radical (unpaired) electrons. The summed E-state index contributed by atoms with van der Waals surface area (Å²) in [6.45, 7) is 10.0. The van der Waals surface area contributed by atoms with Gasteiger partial charge in [0.25, 0.3) is 0 Å². The van der Waals surface area contributed by atoms with Crippen LogP contribution in [0.3, 0.4) is 0 Å². The Hall–Kier alpha value is -2.77.